The number of nitrogens with one attached hydrogen (secondary N) is 1. The molecule has 0 fully saturated rings. The van der Waals surface area contributed by atoms with Gasteiger partial charge in [-0.25, -0.2) is 4.98 Å². The van der Waals surface area contributed by atoms with Gasteiger partial charge in [0.05, 0.1) is 5.52 Å². The van der Waals surface area contributed by atoms with Crippen LogP contribution in [0.3, 0.4) is 0 Å². The van der Waals surface area contributed by atoms with Crippen molar-refractivity contribution in [1.82, 2.24) is 10.3 Å². The molecular formula is C18H27N3. The Bertz CT molecular complexity index is 565. The molecule has 2 rings (SSSR count). The number of benzene rings is 1. The average molecular weight is 285 g/mol. The Morgan fingerprint density at radius 3 is 2.71 bits per heavy atom. The van der Waals surface area contributed by atoms with Crippen LogP contribution in [-0.4, -0.2) is 25.1 Å². The van der Waals surface area contributed by atoms with Crippen molar-refractivity contribution in [2.75, 3.05) is 25.0 Å². The molecule has 0 radical (unpaired) electrons. The minimum atomic E-state index is 0.908. The molecule has 0 atom stereocenters. The van der Waals surface area contributed by atoms with Crippen molar-refractivity contribution in [2.24, 2.45) is 0 Å². The van der Waals surface area contributed by atoms with Crippen LogP contribution in [0.5, 0.6) is 0 Å². The van der Waals surface area contributed by atoms with E-state index >= 15 is 0 Å². The number of anilines is 1. The number of rotatable bonds is 8. The van der Waals surface area contributed by atoms with Crippen LogP contribution in [0.15, 0.2) is 30.3 Å². The van der Waals surface area contributed by atoms with Gasteiger partial charge in [-0.2, -0.15) is 0 Å². The molecule has 0 spiro atoms. The van der Waals surface area contributed by atoms with Gasteiger partial charge in [0.2, 0.25) is 0 Å². The summed E-state index contributed by atoms with van der Waals surface area (Å²) in [5.74, 6) is 1.08. The molecule has 3 nitrogen and oxygen atoms in total. The van der Waals surface area contributed by atoms with Crippen LogP contribution < -0.4 is 10.2 Å². The average Bonchev–Trinajstić information content (AvgIpc) is 2.52. The van der Waals surface area contributed by atoms with Crippen molar-refractivity contribution in [1.29, 1.82) is 0 Å². The van der Waals surface area contributed by atoms with E-state index in [1.54, 1.807) is 0 Å². The van der Waals surface area contributed by atoms with E-state index in [9.17, 15) is 0 Å². The fourth-order valence-corrected chi connectivity index (χ4v) is 2.48. The van der Waals surface area contributed by atoms with Crippen molar-refractivity contribution < 1.29 is 0 Å². The first-order valence-corrected chi connectivity index (χ1v) is 8.06. The van der Waals surface area contributed by atoms with E-state index < -0.39 is 0 Å². The lowest BCUT2D eigenvalue weighted by atomic mass is 10.1. The topological polar surface area (TPSA) is 28.2 Å². The third kappa shape index (κ3) is 4.18. The number of unbranched alkanes of at least 4 members (excludes halogenated alkanes) is 1. The first-order chi connectivity index (χ1) is 10.3. The molecule has 0 amide bonds. The third-order valence-electron chi connectivity index (χ3n) is 3.77. The lowest BCUT2D eigenvalue weighted by Gasteiger charge is -2.20. The zero-order chi connectivity index (χ0) is 15.1. The van der Waals surface area contributed by atoms with Crippen molar-refractivity contribution in [3.05, 3.63) is 35.9 Å². The maximum absolute atomic E-state index is 4.82. The zero-order valence-corrected chi connectivity index (χ0v) is 13.5. The number of aromatic nitrogens is 1. The molecule has 1 aromatic carbocycles. The van der Waals surface area contributed by atoms with Crippen molar-refractivity contribution in [2.45, 2.75) is 39.7 Å². The van der Waals surface area contributed by atoms with E-state index in [1.165, 1.54) is 23.8 Å². The van der Waals surface area contributed by atoms with Crippen LogP contribution in [0.4, 0.5) is 5.82 Å². The summed E-state index contributed by atoms with van der Waals surface area (Å²) in [6.45, 7) is 7.44. The maximum atomic E-state index is 4.82. The number of para-hydroxylation sites is 1. The lowest BCUT2D eigenvalue weighted by Crippen LogP contribution is -2.20. The molecule has 1 aromatic heterocycles. The summed E-state index contributed by atoms with van der Waals surface area (Å²) in [6, 6.07) is 10.7. The van der Waals surface area contributed by atoms with Gasteiger partial charge in [-0.1, -0.05) is 38.5 Å². The SMILES string of the molecule is CCCCN(C)c1cc(CNCCC)c2ccccc2n1. The standard InChI is InChI=1S/C18H27N3/c1-4-6-12-21(3)18-13-15(14-19-11-5-2)16-9-7-8-10-17(16)20-18/h7-10,13,19H,4-6,11-12,14H2,1-3H3. The van der Waals surface area contributed by atoms with E-state index in [2.05, 4.69) is 61.4 Å². The van der Waals surface area contributed by atoms with Gasteiger partial charge in [-0.15, -0.1) is 0 Å². The molecule has 0 saturated carbocycles. The molecule has 0 unspecified atom stereocenters. The second kappa shape index (κ2) is 7.99. The fraction of sp³-hybridized carbons (Fsp3) is 0.500. The van der Waals surface area contributed by atoms with E-state index in [4.69, 9.17) is 4.98 Å². The molecule has 0 aliphatic rings. The summed E-state index contributed by atoms with van der Waals surface area (Å²) in [4.78, 5) is 7.08. The Labute approximate surface area is 128 Å². The smallest absolute Gasteiger partial charge is 0.129 e. The van der Waals surface area contributed by atoms with Gasteiger partial charge in [0.15, 0.2) is 0 Å². The van der Waals surface area contributed by atoms with Gasteiger partial charge in [0, 0.05) is 25.5 Å². The Morgan fingerprint density at radius 1 is 1.14 bits per heavy atom. The second-order valence-electron chi connectivity index (χ2n) is 5.61. The largest absolute Gasteiger partial charge is 0.360 e. The van der Waals surface area contributed by atoms with Crippen molar-refractivity contribution >= 4 is 16.7 Å². The predicted molar refractivity (Wildman–Crippen MR) is 91.9 cm³/mol. The van der Waals surface area contributed by atoms with Gasteiger partial charge < -0.3 is 10.2 Å². The van der Waals surface area contributed by atoms with Crippen LogP contribution in [0.1, 0.15) is 38.7 Å². The normalized spacial score (nSPS) is 11.0. The monoisotopic (exact) mass is 285 g/mol. The maximum Gasteiger partial charge on any atom is 0.129 e. The summed E-state index contributed by atoms with van der Waals surface area (Å²) >= 11 is 0. The Balaban J connectivity index is 2.29. The Hall–Kier alpha value is -1.61. The minimum absolute atomic E-state index is 0.908. The Morgan fingerprint density at radius 2 is 1.95 bits per heavy atom. The van der Waals surface area contributed by atoms with E-state index in [0.717, 1.165) is 37.4 Å². The summed E-state index contributed by atoms with van der Waals surface area (Å²) in [5.41, 5.74) is 2.43. The highest BCUT2D eigenvalue weighted by atomic mass is 15.2. The van der Waals surface area contributed by atoms with Gasteiger partial charge >= 0.3 is 0 Å². The molecule has 3 heteroatoms. The first kappa shape index (κ1) is 15.8. The van der Waals surface area contributed by atoms with E-state index in [-0.39, 0.29) is 0 Å². The summed E-state index contributed by atoms with van der Waals surface area (Å²) < 4.78 is 0. The first-order valence-electron chi connectivity index (χ1n) is 8.06. The van der Waals surface area contributed by atoms with Crippen LogP contribution in [0, 0.1) is 0 Å². The quantitative estimate of drug-likeness (QED) is 0.744. The molecule has 21 heavy (non-hydrogen) atoms. The number of hydrogen-bond donors (Lipinski definition) is 1. The van der Waals surface area contributed by atoms with Crippen molar-refractivity contribution in [3.8, 4) is 0 Å². The number of pyridine rings is 1. The van der Waals surface area contributed by atoms with Gasteiger partial charge in [0.1, 0.15) is 5.82 Å². The third-order valence-corrected chi connectivity index (χ3v) is 3.77. The van der Waals surface area contributed by atoms with Gasteiger partial charge in [0.25, 0.3) is 0 Å². The van der Waals surface area contributed by atoms with Gasteiger partial charge in [-0.05, 0) is 37.1 Å². The molecule has 114 valence electrons. The molecule has 2 aromatic rings. The molecule has 0 aliphatic carbocycles. The van der Waals surface area contributed by atoms with Crippen molar-refractivity contribution in [3.63, 3.8) is 0 Å². The number of nitrogens with zero attached hydrogens (tertiary/aromatic N) is 2. The number of hydrogen-bond acceptors (Lipinski definition) is 3. The molecule has 0 saturated heterocycles. The highest BCUT2D eigenvalue weighted by molar-refractivity contribution is 5.84. The molecular weight excluding hydrogens is 258 g/mol. The van der Waals surface area contributed by atoms with Gasteiger partial charge in [-0.3, -0.25) is 0 Å². The number of fused-ring (bicyclic) bond motifs is 1. The van der Waals surface area contributed by atoms with Crippen LogP contribution in [0.2, 0.25) is 0 Å². The highest BCUT2D eigenvalue weighted by Gasteiger charge is 2.08. The van der Waals surface area contributed by atoms with Crippen LogP contribution in [-0.2, 0) is 6.54 Å². The minimum Gasteiger partial charge on any atom is -0.360 e. The zero-order valence-electron chi connectivity index (χ0n) is 13.5. The molecule has 1 heterocycles. The Kier molecular flexibility index (Phi) is 6.00. The predicted octanol–water partition coefficient (Wildman–Crippen LogP) is 3.97. The second-order valence-corrected chi connectivity index (χ2v) is 5.61. The lowest BCUT2D eigenvalue weighted by molar-refractivity contribution is 0.677. The summed E-state index contributed by atoms with van der Waals surface area (Å²) in [7, 11) is 2.13. The summed E-state index contributed by atoms with van der Waals surface area (Å²) in [5, 5.41) is 4.76. The van der Waals surface area contributed by atoms with E-state index in [1.807, 2.05) is 0 Å². The van der Waals surface area contributed by atoms with Crippen LogP contribution in [0.25, 0.3) is 10.9 Å². The highest BCUT2D eigenvalue weighted by Crippen LogP contribution is 2.22. The molecule has 1 N–H and O–H groups in total. The fourth-order valence-electron chi connectivity index (χ4n) is 2.48. The molecule has 0 bridgehead atoms. The van der Waals surface area contributed by atoms with E-state index in [0.29, 0.717) is 0 Å². The molecule has 0 aliphatic heterocycles. The summed E-state index contributed by atoms with van der Waals surface area (Å²) in [6.07, 6.45) is 3.57. The van der Waals surface area contributed by atoms with Crippen LogP contribution >= 0.6 is 0 Å².